The van der Waals surface area contributed by atoms with E-state index in [-0.39, 0.29) is 0 Å². The normalized spacial score (nSPS) is 10.9. The van der Waals surface area contributed by atoms with Crippen molar-refractivity contribution in [2.24, 2.45) is 0 Å². The van der Waals surface area contributed by atoms with Crippen molar-refractivity contribution in [3.05, 3.63) is 71.8 Å². The molecule has 0 aliphatic carbocycles. The van der Waals surface area contributed by atoms with Crippen LogP contribution in [-0.4, -0.2) is 38.8 Å². The number of ether oxygens (including phenoxy) is 2. The number of hydrogen-bond donors (Lipinski definition) is 1. The lowest BCUT2D eigenvalue weighted by Gasteiger charge is -2.09. The molecule has 0 aliphatic rings. The largest absolute Gasteiger partial charge is 0.636 e. The van der Waals surface area contributed by atoms with Gasteiger partial charge in [0.05, 0.1) is 13.2 Å². The Balaban J connectivity index is 1.33. The van der Waals surface area contributed by atoms with Crippen LogP contribution in [0.1, 0.15) is 36.8 Å². The molecule has 6 heteroatoms. The van der Waals surface area contributed by atoms with E-state index in [1.807, 2.05) is 60.7 Å². The average Bonchev–Trinajstić information content (AvgIpc) is 2.74. The molecule has 0 unspecified atom stereocenters. The summed E-state index contributed by atoms with van der Waals surface area (Å²) in [6.07, 6.45) is 3.42. The van der Waals surface area contributed by atoms with Gasteiger partial charge in [-0.05, 0) is 36.8 Å². The van der Waals surface area contributed by atoms with Crippen LogP contribution < -0.4 is 0 Å². The van der Waals surface area contributed by atoms with E-state index < -0.39 is 7.32 Å². The molecular formula is C22H31BO5. The van der Waals surface area contributed by atoms with E-state index in [1.54, 1.807) is 0 Å². The minimum absolute atomic E-state index is 0.454. The minimum Gasteiger partial charge on any atom is -0.402 e. The molecule has 1 N–H and O–H groups in total. The van der Waals surface area contributed by atoms with Crippen molar-refractivity contribution < 1.29 is 23.8 Å². The third kappa shape index (κ3) is 11.2. The first-order valence-electron chi connectivity index (χ1n) is 9.99. The Morgan fingerprint density at radius 3 is 1.39 bits per heavy atom. The summed E-state index contributed by atoms with van der Waals surface area (Å²) in [6.45, 7) is 3.52. The van der Waals surface area contributed by atoms with Crippen LogP contribution in [0.3, 0.4) is 0 Å². The van der Waals surface area contributed by atoms with Crippen molar-refractivity contribution in [1.82, 2.24) is 0 Å². The fraction of sp³-hybridized carbons (Fsp3) is 0.455. The first-order valence-corrected chi connectivity index (χ1v) is 9.99. The molecule has 0 saturated heterocycles. The maximum absolute atomic E-state index is 9.64. The Bertz CT molecular complexity index is 543. The molecule has 152 valence electrons. The summed E-state index contributed by atoms with van der Waals surface area (Å²) in [4.78, 5) is 0. The standard InChI is InChI=1S/C22H31BO5/c24-23(27-17-9-7-15-25-19-21-11-3-1-4-12-21)28-18-10-8-16-26-20-22-13-5-2-6-14-22/h1-6,11-14,24H,7-10,15-20H2. The fourth-order valence-corrected chi connectivity index (χ4v) is 2.56. The van der Waals surface area contributed by atoms with E-state index in [2.05, 4.69) is 0 Å². The first-order chi connectivity index (χ1) is 13.8. The molecule has 2 aromatic carbocycles. The van der Waals surface area contributed by atoms with Crippen LogP contribution in [0.25, 0.3) is 0 Å². The van der Waals surface area contributed by atoms with Gasteiger partial charge in [-0.25, -0.2) is 0 Å². The lowest BCUT2D eigenvalue weighted by Crippen LogP contribution is -2.24. The van der Waals surface area contributed by atoms with Crippen LogP contribution in [0.5, 0.6) is 0 Å². The van der Waals surface area contributed by atoms with Gasteiger partial charge >= 0.3 is 7.32 Å². The van der Waals surface area contributed by atoms with Crippen molar-refractivity contribution >= 4 is 7.32 Å². The molecule has 0 aromatic heterocycles. The molecule has 28 heavy (non-hydrogen) atoms. The van der Waals surface area contributed by atoms with Crippen molar-refractivity contribution in [2.75, 3.05) is 26.4 Å². The molecule has 2 aromatic rings. The summed E-state index contributed by atoms with van der Waals surface area (Å²) in [5.41, 5.74) is 2.35. The van der Waals surface area contributed by atoms with E-state index in [0.29, 0.717) is 39.6 Å². The Morgan fingerprint density at radius 2 is 0.964 bits per heavy atom. The number of benzene rings is 2. The zero-order valence-electron chi connectivity index (χ0n) is 16.5. The average molecular weight is 386 g/mol. The van der Waals surface area contributed by atoms with Crippen molar-refractivity contribution in [3.63, 3.8) is 0 Å². The Morgan fingerprint density at radius 1 is 0.571 bits per heavy atom. The van der Waals surface area contributed by atoms with Crippen molar-refractivity contribution in [1.29, 1.82) is 0 Å². The fourth-order valence-electron chi connectivity index (χ4n) is 2.56. The minimum atomic E-state index is -1.16. The summed E-state index contributed by atoms with van der Waals surface area (Å²) in [5.74, 6) is 0. The highest BCUT2D eigenvalue weighted by molar-refractivity contribution is 6.34. The SMILES string of the molecule is OB(OCCCCOCc1ccccc1)OCCCCOCc1ccccc1. The van der Waals surface area contributed by atoms with Gasteiger partial charge in [0.15, 0.2) is 0 Å². The highest BCUT2D eigenvalue weighted by Gasteiger charge is 2.14. The molecule has 0 heterocycles. The second-order valence-corrected chi connectivity index (χ2v) is 6.54. The zero-order valence-corrected chi connectivity index (χ0v) is 16.5. The highest BCUT2D eigenvalue weighted by atomic mass is 16.7. The molecular weight excluding hydrogens is 355 g/mol. The second kappa shape index (κ2) is 15.3. The molecule has 0 atom stereocenters. The summed E-state index contributed by atoms with van der Waals surface area (Å²) >= 11 is 0. The monoisotopic (exact) mass is 386 g/mol. The Kier molecular flexibility index (Phi) is 12.3. The number of rotatable bonds is 16. The number of unbranched alkanes of at least 4 members (excludes halogenated alkanes) is 2. The zero-order chi connectivity index (χ0) is 19.7. The first kappa shape index (κ1) is 22.6. The van der Waals surface area contributed by atoms with Gasteiger partial charge in [-0.3, -0.25) is 0 Å². The predicted molar refractivity (Wildman–Crippen MR) is 111 cm³/mol. The summed E-state index contributed by atoms with van der Waals surface area (Å²) in [5, 5.41) is 9.64. The quantitative estimate of drug-likeness (QED) is 0.349. The molecule has 0 spiro atoms. The molecule has 0 aliphatic heterocycles. The molecule has 5 nitrogen and oxygen atoms in total. The van der Waals surface area contributed by atoms with Crippen LogP contribution in [-0.2, 0) is 32.0 Å². The lowest BCUT2D eigenvalue weighted by atomic mass is 10.2. The van der Waals surface area contributed by atoms with Gasteiger partial charge in [-0.1, -0.05) is 60.7 Å². The molecule has 0 fully saturated rings. The molecule has 2 rings (SSSR count). The van der Waals surface area contributed by atoms with Crippen molar-refractivity contribution in [2.45, 2.75) is 38.9 Å². The predicted octanol–water partition coefficient (Wildman–Crippen LogP) is 3.99. The van der Waals surface area contributed by atoms with E-state index in [4.69, 9.17) is 18.8 Å². The molecule has 0 saturated carbocycles. The van der Waals surface area contributed by atoms with Gasteiger partial charge in [0, 0.05) is 26.4 Å². The highest BCUT2D eigenvalue weighted by Crippen LogP contribution is 2.03. The van der Waals surface area contributed by atoms with Crippen LogP contribution >= 0.6 is 0 Å². The van der Waals surface area contributed by atoms with E-state index in [9.17, 15) is 5.02 Å². The lowest BCUT2D eigenvalue weighted by molar-refractivity contribution is 0.0952. The topological polar surface area (TPSA) is 57.2 Å². The van der Waals surface area contributed by atoms with E-state index >= 15 is 0 Å². The van der Waals surface area contributed by atoms with Gasteiger partial charge < -0.3 is 23.8 Å². The van der Waals surface area contributed by atoms with E-state index in [0.717, 1.165) is 25.7 Å². The second-order valence-electron chi connectivity index (χ2n) is 6.54. The third-order valence-corrected chi connectivity index (χ3v) is 4.11. The summed E-state index contributed by atoms with van der Waals surface area (Å²) in [6, 6.07) is 20.2. The molecule has 0 amide bonds. The number of hydrogen-bond acceptors (Lipinski definition) is 5. The third-order valence-electron chi connectivity index (χ3n) is 4.11. The van der Waals surface area contributed by atoms with Gasteiger partial charge in [-0.15, -0.1) is 0 Å². The smallest absolute Gasteiger partial charge is 0.402 e. The van der Waals surface area contributed by atoms with Gasteiger partial charge in [-0.2, -0.15) is 0 Å². The maximum atomic E-state index is 9.64. The van der Waals surface area contributed by atoms with Crippen LogP contribution in [0.2, 0.25) is 0 Å². The van der Waals surface area contributed by atoms with Crippen LogP contribution in [0.4, 0.5) is 0 Å². The Labute approximate surface area is 168 Å². The summed E-state index contributed by atoms with van der Waals surface area (Å²) in [7, 11) is -1.16. The van der Waals surface area contributed by atoms with Crippen LogP contribution in [0, 0.1) is 0 Å². The van der Waals surface area contributed by atoms with Gasteiger partial charge in [0.2, 0.25) is 0 Å². The van der Waals surface area contributed by atoms with Crippen LogP contribution in [0.15, 0.2) is 60.7 Å². The van der Waals surface area contributed by atoms with Gasteiger partial charge in [0.25, 0.3) is 0 Å². The van der Waals surface area contributed by atoms with E-state index in [1.165, 1.54) is 11.1 Å². The molecule has 0 bridgehead atoms. The Hall–Kier alpha value is -1.70. The van der Waals surface area contributed by atoms with Gasteiger partial charge in [0.1, 0.15) is 0 Å². The van der Waals surface area contributed by atoms with Crippen molar-refractivity contribution in [3.8, 4) is 0 Å². The molecule has 0 radical (unpaired) electrons. The summed E-state index contributed by atoms with van der Waals surface area (Å²) < 4.78 is 21.7. The maximum Gasteiger partial charge on any atom is 0.636 e.